The number of rotatable bonds is 6. The topological polar surface area (TPSA) is 72.2 Å². The first-order valence-electron chi connectivity index (χ1n) is 5.30. The van der Waals surface area contributed by atoms with Crippen molar-refractivity contribution >= 4 is 17.9 Å². The number of anilines is 1. The fourth-order valence-corrected chi connectivity index (χ4v) is 1.40. The number of carbonyl (C=O) groups excluding carboxylic acids is 2. The van der Waals surface area contributed by atoms with Crippen LogP contribution in [0.1, 0.15) is 18.4 Å². The van der Waals surface area contributed by atoms with Gasteiger partial charge in [-0.15, -0.1) is 0 Å². The molecule has 0 aliphatic heterocycles. The first-order chi connectivity index (χ1) is 8.04. The minimum absolute atomic E-state index is 0.231. The van der Waals surface area contributed by atoms with E-state index < -0.39 is 11.9 Å². The quantitative estimate of drug-likeness (QED) is 0.735. The molecule has 0 bridgehead atoms. The van der Waals surface area contributed by atoms with Crippen LogP contribution in [0.4, 0.5) is 10.1 Å². The lowest BCUT2D eigenvalue weighted by atomic mass is 10.1. The van der Waals surface area contributed by atoms with Gasteiger partial charge in [-0.2, -0.15) is 0 Å². The van der Waals surface area contributed by atoms with E-state index in [1.807, 2.05) is 0 Å². The summed E-state index contributed by atoms with van der Waals surface area (Å²) in [7, 11) is 0. The number of nitrogens with two attached hydrogens (primary N) is 1. The Bertz CT molecular complexity index is 421. The zero-order valence-electron chi connectivity index (χ0n) is 9.57. The van der Waals surface area contributed by atoms with Gasteiger partial charge in [0.25, 0.3) is 0 Å². The first-order valence-corrected chi connectivity index (χ1v) is 5.30. The van der Waals surface area contributed by atoms with Crippen LogP contribution in [0.3, 0.4) is 0 Å². The predicted molar refractivity (Wildman–Crippen MR) is 63.0 cm³/mol. The van der Waals surface area contributed by atoms with E-state index in [0.29, 0.717) is 24.0 Å². The van der Waals surface area contributed by atoms with E-state index in [9.17, 15) is 14.0 Å². The lowest BCUT2D eigenvalue weighted by molar-refractivity contribution is -0.118. The fourth-order valence-electron chi connectivity index (χ4n) is 1.40. The summed E-state index contributed by atoms with van der Waals surface area (Å²) in [6.45, 7) is 1.65. The minimum Gasteiger partial charge on any atom is -0.374 e. The van der Waals surface area contributed by atoms with Gasteiger partial charge in [-0.25, -0.2) is 4.39 Å². The van der Waals surface area contributed by atoms with Gasteiger partial charge in [0.2, 0.25) is 5.91 Å². The Morgan fingerprint density at radius 3 is 2.82 bits per heavy atom. The zero-order valence-corrected chi connectivity index (χ0v) is 9.57. The fraction of sp³-hybridized carbons (Fsp3) is 0.333. The second-order valence-corrected chi connectivity index (χ2v) is 3.81. The number of hydrogen-bond donors (Lipinski definition) is 2. The predicted octanol–water partition coefficient (Wildman–Crippen LogP) is 1.38. The highest BCUT2D eigenvalue weighted by molar-refractivity contribution is 5.83. The molecule has 0 aliphatic carbocycles. The third-order valence-electron chi connectivity index (χ3n) is 2.43. The van der Waals surface area contributed by atoms with Crippen LogP contribution in [0.15, 0.2) is 18.2 Å². The van der Waals surface area contributed by atoms with Crippen molar-refractivity contribution < 1.29 is 14.0 Å². The number of aryl methyl sites for hydroxylation is 1. The zero-order chi connectivity index (χ0) is 12.8. The Hall–Kier alpha value is -1.91. The number of benzene rings is 1. The SMILES string of the molecule is Cc1ccc(NC(CCC=O)C(N)=O)cc1F. The molecule has 0 aromatic heterocycles. The Kier molecular flexibility index (Phi) is 4.63. The van der Waals surface area contributed by atoms with Crippen LogP contribution in [0, 0.1) is 12.7 Å². The van der Waals surface area contributed by atoms with E-state index in [4.69, 9.17) is 5.73 Å². The smallest absolute Gasteiger partial charge is 0.239 e. The number of aldehydes is 1. The summed E-state index contributed by atoms with van der Waals surface area (Å²) in [5.41, 5.74) is 6.18. The molecule has 3 N–H and O–H groups in total. The molecule has 1 aromatic carbocycles. The van der Waals surface area contributed by atoms with Gasteiger partial charge in [0.1, 0.15) is 18.1 Å². The van der Waals surface area contributed by atoms with Crippen LogP contribution in [-0.4, -0.2) is 18.2 Å². The summed E-state index contributed by atoms with van der Waals surface area (Å²) < 4.78 is 13.3. The van der Waals surface area contributed by atoms with Gasteiger partial charge in [-0.1, -0.05) is 6.07 Å². The van der Waals surface area contributed by atoms with E-state index in [0.717, 1.165) is 0 Å². The molecule has 1 rings (SSSR count). The maximum atomic E-state index is 13.3. The highest BCUT2D eigenvalue weighted by atomic mass is 19.1. The van der Waals surface area contributed by atoms with Crippen molar-refractivity contribution in [1.29, 1.82) is 0 Å². The molecular formula is C12H15FN2O2. The molecule has 0 spiro atoms. The lowest BCUT2D eigenvalue weighted by Gasteiger charge is -2.15. The Labute approximate surface area is 99.0 Å². The van der Waals surface area contributed by atoms with Crippen molar-refractivity contribution in [3.8, 4) is 0 Å². The summed E-state index contributed by atoms with van der Waals surface area (Å²) in [4.78, 5) is 21.4. The maximum absolute atomic E-state index is 13.3. The van der Waals surface area contributed by atoms with E-state index in [-0.39, 0.29) is 12.2 Å². The van der Waals surface area contributed by atoms with Gasteiger partial charge < -0.3 is 15.8 Å². The van der Waals surface area contributed by atoms with Crippen LogP contribution >= 0.6 is 0 Å². The molecule has 0 radical (unpaired) electrons. The molecule has 1 amide bonds. The van der Waals surface area contributed by atoms with Gasteiger partial charge in [0.05, 0.1) is 0 Å². The van der Waals surface area contributed by atoms with Gasteiger partial charge >= 0.3 is 0 Å². The highest BCUT2D eigenvalue weighted by Gasteiger charge is 2.14. The molecule has 1 aromatic rings. The van der Waals surface area contributed by atoms with Crippen LogP contribution < -0.4 is 11.1 Å². The Morgan fingerprint density at radius 2 is 2.29 bits per heavy atom. The molecule has 0 heterocycles. The molecule has 0 fully saturated rings. The molecule has 4 nitrogen and oxygen atoms in total. The van der Waals surface area contributed by atoms with Gasteiger partial charge in [-0.05, 0) is 31.0 Å². The summed E-state index contributed by atoms with van der Waals surface area (Å²) in [5, 5.41) is 2.81. The first kappa shape index (κ1) is 13.2. The molecule has 1 unspecified atom stereocenters. The molecule has 17 heavy (non-hydrogen) atoms. The summed E-state index contributed by atoms with van der Waals surface area (Å²) in [6, 6.07) is 3.90. The summed E-state index contributed by atoms with van der Waals surface area (Å²) >= 11 is 0. The largest absolute Gasteiger partial charge is 0.374 e. The molecule has 5 heteroatoms. The van der Waals surface area contributed by atoms with Crippen molar-refractivity contribution in [2.75, 3.05) is 5.32 Å². The molecule has 0 saturated heterocycles. The molecule has 92 valence electrons. The molecule has 0 aliphatic rings. The maximum Gasteiger partial charge on any atom is 0.239 e. The second-order valence-electron chi connectivity index (χ2n) is 3.81. The van der Waals surface area contributed by atoms with Crippen molar-refractivity contribution in [3.63, 3.8) is 0 Å². The number of halogens is 1. The van der Waals surface area contributed by atoms with Crippen molar-refractivity contribution in [3.05, 3.63) is 29.6 Å². The van der Waals surface area contributed by atoms with Crippen molar-refractivity contribution in [2.24, 2.45) is 5.73 Å². The summed E-state index contributed by atoms with van der Waals surface area (Å²) in [5.74, 6) is -0.915. The standard InChI is InChI=1S/C12H15FN2O2/c1-8-4-5-9(7-10(8)13)15-11(12(14)17)3-2-6-16/h4-7,11,15H,2-3H2,1H3,(H2,14,17). The van der Waals surface area contributed by atoms with Crippen LogP contribution in [-0.2, 0) is 9.59 Å². The lowest BCUT2D eigenvalue weighted by Crippen LogP contribution is -2.35. The minimum atomic E-state index is -0.665. The average Bonchev–Trinajstić information content (AvgIpc) is 2.28. The third-order valence-corrected chi connectivity index (χ3v) is 2.43. The monoisotopic (exact) mass is 238 g/mol. The van der Waals surface area contributed by atoms with Gasteiger partial charge in [0.15, 0.2) is 0 Å². The van der Waals surface area contributed by atoms with Crippen LogP contribution in [0.25, 0.3) is 0 Å². The van der Waals surface area contributed by atoms with Crippen LogP contribution in [0.2, 0.25) is 0 Å². The normalized spacial score (nSPS) is 11.9. The van der Waals surface area contributed by atoms with E-state index in [1.165, 1.54) is 6.07 Å². The molecular weight excluding hydrogens is 223 g/mol. The van der Waals surface area contributed by atoms with Gasteiger partial charge in [-0.3, -0.25) is 4.79 Å². The number of nitrogens with one attached hydrogen (secondary N) is 1. The summed E-state index contributed by atoms with van der Waals surface area (Å²) in [6.07, 6.45) is 1.25. The van der Waals surface area contributed by atoms with E-state index >= 15 is 0 Å². The number of hydrogen-bond acceptors (Lipinski definition) is 3. The van der Waals surface area contributed by atoms with Crippen LogP contribution in [0.5, 0.6) is 0 Å². The van der Waals surface area contributed by atoms with E-state index in [2.05, 4.69) is 5.32 Å². The Balaban J connectivity index is 2.74. The highest BCUT2D eigenvalue weighted by Crippen LogP contribution is 2.15. The third kappa shape index (κ3) is 3.86. The average molecular weight is 238 g/mol. The Morgan fingerprint density at radius 1 is 1.59 bits per heavy atom. The molecule has 1 atom stereocenters. The number of primary amides is 1. The van der Waals surface area contributed by atoms with E-state index in [1.54, 1.807) is 19.1 Å². The van der Waals surface area contributed by atoms with Crippen molar-refractivity contribution in [1.82, 2.24) is 0 Å². The number of amides is 1. The number of carbonyl (C=O) groups is 2. The molecule has 0 saturated carbocycles. The van der Waals surface area contributed by atoms with Crippen molar-refractivity contribution in [2.45, 2.75) is 25.8 Å². The second kappa shape index (κ2) is 5.98. The van der Waals surface area contributed by atoms with Gasteiger partial charge in [0, 0.05) is 12.1 Å².